The van der Waals surface area contributed by atoms with E-state index in [4.69, 9.17) is 4.74 Å². The Labute approximate surface area is 92.7 Å². The predicted octanol–water partition coefficient (Wildman–Crippen LogP) is 2.57. The second-order valence-corrected chi connectivity index (χ2v) is 5.54. The lowest BCUT2D eigenvalue weighted by Gasteiger charge is -2.13. The Morgan fingerprint density at radius 3 is 3.53 bits per heavy atom. The molecule has 3 aliphatic rings. The quantitative estimate of drug-likeness (QED) is 0.667. The molecule has 3 atom stereocenters. The van der Waals surface area contributed by atoms with Gasteiger partial charge in [0, 0.05) is 12.1 Å². The van der Waals surface area contributed by atoms with E-state index < -0.39 is 0 Å². The van der Waals surface area contributed by atoms with E-state index in [1.165, 1.54) is 12.1 Å². The molecule has 4 rings (SSSR count). The molecule has 2 nitrogen and oxygen atoms in total. The summed E-state index contributed by atoms with van der Waals surface area (Å²) >= 11 is 1.94. The van der Waals surface area contributed by atoms with Crippen LogP contribution in [0.5, 0.6) is 5.75 Å². The van der Waals surface area contributed by atoms with Crippen LogP contribution in [0.1, 0.15) is 12.1 Å². The Hall–Kier alpha value is -0.960. The van der Waals surface area contributed by atoms with Gasteiger partial charge in [-0.05, 0) is 29.9 Å². The van der Waals surface area contributed by atoms with Crippen LogP contribution in [-0.4, -0.2) is 11.6 Å². The van der Waals surface area contributed by atoms with Crippen molar-refractivity contribution >= 4 is 11.8 Å². The summed E-state index contributed by atoms with van der Waals surface area (Å²) in [6, 6.07) is 4.01. The molecular formula is C12H11NOS. The van der Waals surface area contributed by atoms with E-state index in [1.807, 2.05) is 30.1 Å². The highest BCUT2D eigenvalue weighted by Gasteiger charge is 2.68. The fourth-order valence-corrected chi connectivity index (χ4v) is 4.53. The Bertz CT molecular complexity index is 459. The highest BCUT2D eigenvalue weighted by Crippen LogP contribution is 2.73. The number of hydrogen-bond donors (Lipinski definition) is 0. The summed E-state index contributed by atoms with van der Waals surface area (Å²) in [6.45, 7) is 0.843. The topological polar surface area (TPSA) is 22.1 Å². The normalized spacial score (nSPS) is 39.7. The van der Waals surface area contributed by atoms with Gasteiger partial charge in [-0.1, -0.05) is 6.08 Å². The average molecular weight is 217 g/mol. The monoisotopic (exact) mass is 217 g/mol. The van der Waals surface area contributed by atoms with Gasteiger partial charge < -0.3 is 4.74 Å². The van der Waals surface area contributed by atoms with Crippen LogP contribution in [0.25, 0.3) is 0 Å². The van der Waals surface area contributed by atoms with E-state index in [1.54, 1.807) is 0 Å². The molecule has 3 heteroatoms. The number of nitrogens with zero attached hydrogens (tertiary/aromatic N) is 1. The van der Waals surface area contributed by atoms with Gasteiger partial charge in [-0.25, -0.2) is 0 Å². The lowest BCUT2D eigenvalue weighted by atomic mass is 10.2. The molecule has 0 aromatic carbocycles. The van der Waals surface area contributed by atoms with E-state index in [0.29, 0.717) is 5.92 Å². The molecule has 0 saturated heterocycles. The summed E-state index contributed by atoms with van der Waals surface area (Å²) in [5, 5.41) is 2.23. The minimum absolute atomic E-state index is 0.243. The molecule has 3 unspecified atom stereocenters. The first-order valence-electron chi connectivity index (χ1n) is 5.36. The van der Waals surface area contributed by atoms with Crippen molar-refractivity contribution in [1.82, 2.24) is 4.98 Å². The van der Waals surface area contributed by atoms with Gasteiger partial charge in [0.25, 0.3) is 0 Å². The maximum Gasteiger partial charge on any atom is 0.142 e. The van der Waals surface area contributed by atoms with Crippen LogP contribution in [0, 0.1) is 11.8 Å². The number of thioether (sulfide) groups is 1. The molecule has 0 bridgehead atoms. The van der Waals surface area contributed by atoms with Crippen molar-refractivity contribution in [3.63, 3.8) is 0 Å². The molecule has 0 N–H and O–H groups in total. The number of aromatic nitrogens is 1. The van der Waals surface area contributed by atoms with Crippen molar-refractivity contribution in [3.05, 3.63) is 35.5 Å². The third-order valence-electron chi connectivity index (χ3n) is 3.75. The maximum absolute atomic E-state index is 5.75. The number of rotatable bonds is 0. The Morgan fingerprint density at radius 2 is 2.53 bits per heavy atom. The molecular weight excluding hydrogens is 206 g/mol. The second-order valence-electron chi connectivity index (χ2n) is 4.36. The van der Waals surface area contributed by atoms with Crippen molar-refractivity contribution < 1.29 is 4.74 Å². The van der Waals surface area contributed by atoms with E-state index in [-0.39, 0.29) is 4.75 Å². The van der Waals surface area contributed by atoms with Crippen LogP contribution in [0.15, 0.2) is 29.8 Å². The fourth-order valence-electron chi connectivity index (χ4n) is 3.02. The highest BCUT2D eigenvalue weighted by atomic mass is 32.2. The summed E-state index contributed by atoms with van der Waals surface area (Å²) < 4.78 is 5.99. The molecule has 1 spiro atoms. The molecule has 1 aliphatic carbocycles. The Balaban J connectivity index is 1.92. The zero-order valence-electron chi connectivity index (χ0n) is 8.22. The molecule has 1 fully saturated rings. The molecule has 1 aromatic rings. The van der Waals surface area contributed by atoms with Crippen LogP contribution < -0.4 is 4.74 Å². The lowest BCUT2D eigenvalue weighted by molar-refractivity contribution is 0.304. The van der Waals surface area contributed by atoms with E-state index in [0.717, 1.165) is 18.3 Å². The number of hydrogen-bond acceptors (Lipinski definition) is 3. The summed E-state index contributed by atoms with van der Waals surface area (Å²) in [7, 11) is 0. The zero-order valence-corrected chi connectivity index (χ0v) is 9.04. The molecule has 76 valence electrons. The van der Waals surface area contributed by atoms with Gasteiger partial charge in [-0.2, -0.15) is 0 Å². The van der Waals surface area contributed by atoms with Gasteiger partial charge in [0.1, 0.15) is 5.75 Å². The summed E-state index contributed by atoms with van der Waals surface area (Å²) in [5.41, 5.74) is 1.17. The van der Waals surface area contributed by atoms with Gasteiger partial charge in [-0.3, -0.25) is 4.98 Å². The van der Waals surface area contributed by atoms with Crippen molar-refractivity contribution in [3.8, 4) is 5.75 Å². The minimum atomic E-state index is 0.243. The van der Waals surface area contributed by atoms with Gasteiger partial charge in [-0.15, -0.1) is 11.8 Å². The van der Waals surface area contributed by atoms with E-state index in [2.05, 4.69) is 16.5 Å². The highest BCUT2D eigenvalue weighted by molar-refractivity contribution is 8.03. The van der Waals surface area contributed by atoms with Gasteiger partial charge >= 0.3 is 0 Å². The fraction of sp³-hybridized carbons (Fsp3) is 0.417. The molecule has 15 heavy (non-hydrogen) atoms. The van der Waals surface area contributed by atoms with E-state index >= 15 is 0 Å². The van der Waals surface area contributed by atoms with Crippen molar-refractivity contribution in [1.29, 1.82) is 0 Å². The van der Waals surface area contributed by atoms with Crippen LogP contribution >= 0.6 is 11.8 Å². The van der Waals surface area contributed by atoms with E-state index in [9.17, 15) is 0 Å². The van der Waals surface area contributed by atoms with Crippen molar-refractivity contribution in [2.75, 3.05) is 6.61 Å². The number of fused-ring (bicyclic) bond motifs is 2. The minimum Gasteiger partial charge on any atom is -0.492 e. The molecule has 0 amide bonds. The Kier molecular flexibility index (Phi) is 1.42. The second kappa shape index (κ2) is 2.59. The third kappa shape index (κ3) is 0.858. The first-order chi connectivity index (χ1) is 7.43. The predicted molar refractivity (Wildman–Crippen MR) is 59.7 cm³/mol. The number of allylic oxidation sites excluding steroid dienone is 1. The summed E-state index contributed by atoms with van der Waals surface area (Å²) in [5.74, 6) is 2.46. The van der Waals surface area contributed by atoms with Gasteiger partial charge in [0.2, 0.25) is 0 Å². The number of pyridine rings is 1. The smallest absolute Gasteiger partial charge is 0.142 e. The van der Waals surface area contributed by atoms with Crippen LogP contribution in [0.2, 0.25) is 0 Å². The maximum atomic E-state index is 5.75. The van der Waals surface area contributed by atoms with Crippen LogP contribution in [0.4, 0.5) is 0 Å². The lowest BCUT2D eigenvalue weighted by Crippen LogP contribution is -2.06. The van der Waals surface area contributed by atoms with Crippen LogP contribution in [0.3, 0.4) is 0 Å². The number of ether oxygens (including phenoxy) is 1. The molecule has 3 heterocycles. The molecule has 1 saturated carbocycles. The first kappa shape index (κ1) is 8.22. The standard InChI is InChI=1S/C12H11NOS/c1-2-10-11(13-5-1)12-8(3-6-14-10)9(12)4-7-15-12/h1-2,4-5,7-9H,3,6H2. The first-order valence-corrected chi connectivity index (χ1v) is 6.24. The third-order valence-corrected chi connectivity index (χ3v) is 5.20. The van der Waals surface area contributed by atoms with Crippen LogP contribution in [-0.2, 0) is 4.75 Å². The van der Waals surface area contributed by atoms with Crippen molar-refractivity contribution in [2.45, 2.75) is 11.2 Å². The van der Waals surface area contributed by atoms with Gasteiger partial charge in [0.15, 0.2) is 0 Å². The zero-order chi connectivity index (χ0) is 9.88. The summed E-state index contributed by atoms with van der Waals surface area (Å²) in [4.78, 5) is 4.55. The van der Waals surface area contributed by atoms with Crippen molar-refractivity contribution in [2.24, 2.45) is 11.8 Å². The molecule has 1 aromatic heterocycles. The average Bonchev–Trinajstić information content (AvgIpc) is 2.71. The van der Waals surface area contributed by atoms with Gasteiger partial charge in [0.05, 0.1) is 17.0 Å². The SMILES string of the molecule is C1=CC2C3CCOc4cccnc4C23S1. The summed E-state index contributed by atoms with van der Waals surface area (Å²) in [6.07, 6.45) is 5.39. The molecule has 2 aliphatic heterocycles. The largest absolute Gasteiger partial charge is 0.492 e. The Morgan fingerprint density at radius 1 is 1.53 bits per heavy atom. The molecule has 0 radical (unpaired) electrons.